The number of hydrogen-bond donors (Lipinski definition) is 1. The van der Waals surface area contributed by atoms with Gasteiger partial charge in [-0.25, -0.2) is 0 Å². The molecule has 1 rings (SSSR count). The van der Waals surface area contributed by atoms with Crippen LogP contribution in [-0.4, -0.2) is 31.1 Å². The first-order valence-corrected chi connectivity index (χ1v) is 2.75. The van der Waals surface area contributed by atoms with Crippen LogP contribution < -0.4 is 5.73 Å². The third kappa shape index (κ3) is 0.763. The topological polar surface area (TPSA) is 29.3 Å². The summed E-state index contributed by atoms with van der Waals surface area (Å²) in [5.41, 5.74) is 5.38. The third-order valence-electron chi connectivity index (χ3n) is 1.71. The molecule has 2 nitrogen and oxygen atoms in total. The fourth-order valence-electron chi connectivity index (χ4n) is 0.868. The first kappa shape index (κ1) is 5.06. The molecule has 1 saturated heterocycles. The summed E-state index contributed by atoms with van der Waals surface area (Å²) < 4.78 is 0. The van der Waals surface area contributed by atoms with Crippen LogP contribution in [-0.2, 0) is 0 Å². The number of likely N-dealkylation sites (N-methyl/N-ethyl adjacent to an activating group) is 1. The molecule has 0 bridgehead atoms. The fraction of sp³-hybridized carbons (Fsp3) is 1.00. The van der Waals surface area contributed by atoms with Gasteiger partial charge < -0.3 is 10.6 Å². The highest BCUT2D eigenvalue weighted by Crippen LogP contribution is 2.11. The number of rotatable bonds is 1. The van der Waals surface area contributed by atoms with E-state index in [9.17, 15) is 0 Å². The van der Waals surface area contributed by atoms with E-state index in [0.717, 1.165) is 6.54 Å². The quantitative estimate of drug-likeness (QED) is 0.488. The zero-order valence-electron chi connectivity index (χ0n) is 4.72. The van der Waals surface area contributed by atoms with Crippen molar-refractivity contribution in [1.82, 2.24) is 4.90 Å². The highest BCUT2D eigenvalue weighted by molar-refractivity contribution is 4.79. The van der Waals surface area contributed by atoms with Crippen LogP contribution in [0.25, 0.3) is 0 Å². The number of nitrogens with zero attached hydrogens (tertiary/aromatic N) is 1. The zero-order chi connectivity index (χ0) is 5.28. The Balaban J connectivity index is 2.16. The van der Waals surface area contributed by atoms with E-state index in [1.54, 1.807) is 0 Å². The molecule has 0 unspecified atom stereocenters. The van der Waals surface area contributed by atoms with Crippen LogP contribution in [0.4, 0.5) is 0 Å². The van der Waals surface area contributed by atoms with Crippen molar-refractivity contribution in [2.24, 2.45) is 5.73 Å². The second kappa shape index (κ2) is 1.80. The van der Waals surface area contributed by atoms with Crippen molar-refractivity contribution < 1.29 is 0 Å². The molecule has 0 saturated carbocycles. The summed E-state index contributed by atoms with van der Waals surface area (Å²) in [5, 5.41) is 0. The predicted octanol–water partition coefficient (Wildman–Crippen LogP) is -0.351. The van der Waals surface area contributed by atoms with E-state index in [1.807, 2.05) is 0 Å². The minimum atomic E-state index is 0.694. The molecule has 0 amide bonds. The van der Waals surface area contributed by atoms with E-state index in [1.165, 1.54) is 13.0 Å². The zero-order valence-corrected chi connectivity index (χ0v) is 4.72. The van der Waals surface area contributed by atoms with Crippen molar-refractivity contribution in [2.75, 3.05) is 20.1 Å². The predicted molar refractivity (Wildman–Crippen MR) is 30.1 cm³/mol. The van der Waals surface area contributed by atoms with Gasteiger partial charge in [-0.15, -0.1) is 0 Å². The molecule has 0 aromatic rings. The molecule has 1 atom stereocenters. The molecule has 1 fully saturated rings. The lowest BCUT2D eigenvalue weighted by atomic mass is 10.1. The Hall–Kier alpha value is -0.0800. The van der Waals surface area contributed by atoms with Gasteiger partial charge in [-0.2, -0.15) is 0 Å². The first-order valence-electron chi connectivity index (χ1n) is 2.75. The van der Waals surface area contributed by atoms with Gasteiger partial charge >= 0.3 is 0 Å². The van der Waals surface area contributed by atoms with E-state index >= 15 is 0 Å². The van der Waals surface area contributed by atoms with Crippen LogP contribution in [0.5, 0.6) is 0 Å². The van der Waals surface area contributed by atoms with Gasteiger partial charge in [0.2, 0.25) is 0 Å². The summed E-state index contributed by atoms with van der Waals surface area (Å²) >= 11 is 0. The summed E-state index contributed by atoms with van der Waals surface area (Å²) in [6.45, 7) is 2.07. The van der Waals surface area contributed by atoms with Crippen LogP contribution in [0.1, 0.15) is 6.42 Å². The lowest BCUT2D eigenvalue weighted by Crippen LogP contribution is -2.48. The van der Waals surface area contributed by atoms with Crippen molar-refractivity contribution in [1.29, 1.82) is 0 Å². The van der Waals surface area contributed by atoms with Crippen LogP contribution in [0.3, 0.4) is 0 Å². The van der Waals surface area contributed by atoms with Crippen LogP contribution in [0, 0.1) is 0 Å². The molecule has 42 valence electrons. The van der Waals surface area contributed by atoms with E-state index in [4.69, 9.17) is 5.73 Å². The fourth-order valence-corrected chi connectivity index (χ4v) is 0.868. The highest BCUT2D eigenvalue weighted by atomic mass is 15.2. The SMILES string of the molecule is CN1CC[C@H]1CN. The van der Waals surface area contributed by atoms with E-state index in [2.05, 4.69) is 11.9 Å². The Morgan fingerprint density at radius 3 is 2.57 bits per heavy atom. The minimum absolute atomic E-state index is 0.694. The molecule has 2 N–H and O–H groups in total. The highest BCUT2D eigenvalue weighted by Gasteiger charge is 2.21. The molecule has 0 aromatic carbocycles. The number of likely N-dealkylation sites (tertiary alicyclic amines) is 1. The number of nitrogens with two attached hydrogens (primary N) is 1. The van der Waals surface area contributed by atoms with Crippen molar-refractivity contribution in [3.8, 4) is 0 Å². The molecule has 1 heterocycles. The summed E-state index contributed by atoms with van der Waals surface area (Å²) in [7, 11) is 2.11. The van der Waals surface area contributed by atoms with Crippen molar-refractivity contribution >= 4 is 0 Å². The van der Waals surface area contributed by atoms with Gasteiger partial charge in [-0.3, -0.25) is 0 Å². The summed E-state index contributed by atoms with van der Waals surface area (Å²) in [6.07, 6.45) is 1.30. The maximum absolute atomic E-state index is 5.38. The Kier molecular flexibility index (Phi) is 1.30. The Labute approximate surface area is 44.3 Å². The molecule has 0 spiro atoms. The molecule has 0 radical (unpaired) electrons. The normalized spacial score (nSPS) is 32.6. The Morgan fingerprint density at radius 1 is 1.86 bits per heavy atom. The van der Waals surface area contributed by atoms with E-state index in [0.29, 0.717) is 6.04 Å². The molecule has 7 heavy (non-hydrogen) atoms. The van der Waals surface area contributed by atoms with Gasteiger partial charge in [-0.05, 0) is 20.0 Å². The van der Waals surface area contributed by atoms with Crippen molar-refractivity contribution in [3.05, 3.63) is 0 Å². The van der Waals surface area contributed by atoms with Gasteiger partial charge in [0, 0.05) is 12.6 Å². The maximum Gasteiger partial charge on any atom is 0.0227 e. The molecule has 2 heteroatoms. The monoisotopic (exact) mass is 100 g/mol. The largest absolute Gasteiger partial charge is 0.329 e. The van der Waals surface area contributed by atoms with Gasteiger partial charge in [0.1, 0.15) is 0 Å². The average Bonchev–Trinajstić information content (AvgIpc) is 1.65. The summed E-state index contributed by atoms with van der Waals surface area (Å²) in [5.74, 6) is 0. The van der Waals surface area contributed by atoms with Gasteiger partial charge in [0.05, 0.1) is 0 Å². The lowest BCUT2D eigenvalue weighted by molar-refractivity contribution is 0.133. The van der Waals surface area contributed by atoms with Crippen molar-refractivity contribution in [2.45, 2.75) is 12.5 Å². The lowest BCUT2D eigenvalue weighted by Gasteiger charge is -2.36. The first-order chi connectivity index (χ1) is 3.34. The molecule has 1 aliphatic rings. The Bertz CT molecular complexity index is 61.1. The molecule has 0 aliphatic carbocycles. The smallest absolute Gasteiger partial charge is 0.0227 e. The van der Waals surface area contributed by atoms with E-state index < -0.39 is 0 Å². The third-order valence-corrected chi connectivity index (χ3v) is 1.71. The van der Waals surface area contributed by atoms with Gasteiger partial charge in [0.15, 0.2) is 0 Å². The molecule has 0 aromatic heterocycles. The minimum Gasteiger partial charge on any atom is -0.329 e. The van der Waals surface area contributed by atoms with E-state index in [-0.39, 0.29) is 0 Å². The van der Waals surface area contributed by atoms with Gasteiger partial charge in [-0.1, -0.05) is 0 Å². The molecule has 1 aliphatic heterocycles. The molecular weight excluding hydrogens is 88.1 g/mol. The second-order valence-electron chi connectivity index (χ2n) is 2.16. The van der Waals surface area contributed by atoms with Crippen LogP contribution in [0.2, 0.25) is 0 Å². The second-order valence-corrected chi connectivity index (χ2v) is 2.16. The summed E-state index contributed by atoms with van der Waals surface area (Å²) in [4.78, 5) is 2.28. The van der Waals surface area contributed by atoms with Gasteiger partial charge in [0.25, 0.3) is 0 Å². The Morgan fingerprint density at radius 2 is 2.57 bits per heavy atom. The average molecular weight is 100 g/mol. The summed E-state index contributed by atoms with van der Waals surface area (Å²) in [6, 6.07) is 0.694. The maximum atomic E-state index is 5.38. The number of hydrogen-bond acceptors (Lipinski definition) is 2. The molecular formula is C5H12N2. The van der Waals surface area contributed by atoms with Crippen LogP contribution >= 0.6 is 0 Å². The van der Waals surface area contributed by atoms with Crippen LogP contribution in [0.15, 0.2) is 0 Å². The standard InChI is InChI=1S/C5H12N2/c1-7-3-2-5(7)4-6/h5H,2-4,6H2,1H3/t5-/m0/s1. The van der Waals surface area contributed by atoms with Crippen molar-refractivity contribution in [3.63, 3.8) is 0 Å².